The predicted molar refractivity (Wildman–Crippen MR) is 74.3 cm³/mol. The van der Waals surface area contributed by atoms with Crippen LogP contribution in [-0.4, -0.2) is 24.4 Å². The summed E-state index contributed by atoms with van der Waals surface area (Å²) in [6.45, 7) is 3.82. The highest BCUT2D eigenvalue weighted by Crippen LogP contribution is 2.21. The van der Waals surface area contributed by atoms with Crippen LogP contribution in [0.1, 0.15) is 45.4 Å². The molecule has 19 heavy (non-hydrogen) atoms. The van der Waals surface area contributed by atoms with Crippen molar-refractivity contribution in [1.29, 1.82) is 0 Å². The van der Waals surface area contributed by atoms with Crippen molar-refractivity contribution in [2.45, 2.75) is 57.0 Å². The lowest BCUT2D eigenvalue weighted by Crippen LogP contribution is -2.34. The average Bonchev–Trinajstić information content (AvgIpc) is 2.89. The minimum absolute atomic E-state index is 0.146. The van der Waals surface area contributed by atoms with Crippen LogP contribution in [-0.2, 0) is 16.4 Å². The molecule has 0 bridgehead atoms. The first kappa shape index (κ1) is 14.3. The highest BCUT2D eigenvalue weighted by Gasteiger charge is 2.22. The topological polar surface area (TPSA) is 74.8 Å². The Kier molecular flexibility index (Phi) is 4.42. The Bertz CT molecular complexity index is 560. The standard InChI is InChI=1S/C13H21N3O2S/c1-3-12-14-9-13(15-12)19(17,18)16-10(2)11-7-5-4-6-8-11/h7,9-10,16H,3-6,8H2,1-2H3,(H,14,15). The molecule has 0 spiro atoms. The maximum Gasteiger partial charge on any atom is 0.258 e. The Labute approximate surface area is 114 Å². The van der Waals surface area contributed by atoms with Crippen LogP contribution in [0.3, 0.4) is 0 Å². The number of aryl methyl sites for hydroxylation is 1. The van der Waals surface area contributed by atoms with Gasteiger partial charge in [-0.3, -0.25) is 0 Å². The summed E-state index contributed by atoms with van der Waals surface area (Å²) in [5.74, 6) is 0.685. The monoisotopic (exact) mass is 283 g/mol. The number of aromatic nitrogens is 2. The molecule has 0 saturated heterocycles. The van der Waals surface area contributed by atoms with E-state index in [2.05, 4.69) is 20.8 Å². The summed E-state index contributed by atoms with van der Waals surface area (Å²) in [7, 11) is -3.51. The first-order chi connectivity index (χ1) is 9.03. The first-order valence-corrected chi connectivity index (χ1v) is 8.26. The molecule has 0 amide bonds. The summed E-state index contributed by atoms with van der Waals surface area (Å²) in [6, 6.07) is -0.154. The first-order valence-electron chi connectivity index (χ1n) is 6.78. The van der Waals surface area contributed by atoms with E-state index >= 15 is 0 Å². The molecule has 0 aliphatic heterocycles. The van der Waals surface area contributed by atoms with Gasteiger partial charge in [-0.2, -0.15) is 0 Å². The van der Waals surface area contributed by atoms with Gasteiger partial charge < -0.3 is 4.98 Å². The van der Waals surface area contributed by atoms with Crippen LogP contribution < -0.4 is 4.72 Å². The average molecular weight is 283 g/mol. The van der Waals surface area contributed by atoms with Gasteiger partial charge in [0.15, 0.2) is 5.03 Å². The van der Waals surface area contributed by atoms with Crippen molar-refractivity contribution in [2.24, 2.45) is 0 Å². The van der Waals surface area contributed by atoms with E-state index in [1.165, 1.54) is 18.2 Å². The Morgan fingerprint density at radius 3 is 2.84 bits per heavy atom. The number of nitrogens with zero attached hydrogens (tertiary/aromatic N) is 1. The normalized spacial score (nSPS) is 18.1. The maximum absolute atomic E-state index is 12.2. The van der Waals surface area contributed by atoms with Crippen LogP contribution in [0.25, 0.3) is 0 Å². The largest absolute Gasteiger partial charge is 0.332 e. The lowest BCUT2D eigenvalue weighted by Gasteiger charge is -2.20. The quantitative estimate of drug-likeness (QED) is 0.813. The lowest BCUT2D eigenvalue weighted by atomic mass is 9.95. The van der Waals surface area contributed by atoms with Crippen LogP contribution in [0.4, 0.5) is 0 Å². The van der Waals surface area contributed by atoms with Crippen molar-refractivity contribution >= 4 is 10.0 Å². The Morgan fingerprint density at radius 2 is 2.26 bits per heavy atom. The molecule has 1 aliphatic carbocycles. The number of imidazole rings is 1. The summed E-state index contributed by atoms with van der Waals surface area (Å²) in [6.07, 6.45) is 8.59. The van der Waals surface area contributed by atoms with Crippen LogP contribution in [0.15, 0.2) is 22.9 Å². The Morgan fingerprint density at radius 1 is 1.47 bits per heavy atom. The van der Waals surface area contributed by atoms with E-state index < -0.39 is 10.0 Å². The van der Waals surface area contributed by atoms with Crippen molar-refractivity contribution in [3.63, 3.8) is 0 Å². The van der Waals surface area contributed by atoms with Gasteiger partial charge in [-0.15, -0.1) is 0 Å². The maximum atomic E-state index is 12.2. The molecule has 106 valence electrons. The van der Waals surface area contributed by atoms with Crippen molar-refractivity contribution in [1.82, 2.24) is 14.7 Å². The second-order valence-electron chi connectivity index (χ2n) is 4.92. The van der Waals surface area contributed by atoms with Crippen molar-refractivity contribution < 1.29 is 8.42 Å². The van der Waals surface area contributed by atoms with Crippen LogP contribution in [0, 0.1) is 0 Å². The van der Waals surface area contributed by atoms with Gasteiger partial charge in [0.05, 0.1) is 6.20 Å². The summed E-state index contributed by atoms with van der Waals surface area (Å²) < 4.78 is 27.1. The number of aromatic amines is 1. The summed E-state index contributed by atoms with van der Waals surface area (Å²) in [5.41, 5.74) is 1.19. The second-order valence-corrected chi connectivity index (χ2v) is 6.60. The second kappa shape index (κ2) is 5.88. The molecule has 2 N–H and O–H groups in total. The fourth-order valence-corrected chi connectivity index (χ4v) is 3.48. The molecule has 1 aromatic rings. The van der Waals surface area contributed by atoms with Crippen molar-refractivity contribution in [3.05, 3.63) is 23.7 Å². The highest BCUT2D eigenvalue weighted by molar-refractivity contribution is 7.89. The van der Waals surface area contributed by atoms with E-state index in [0.29, 0.717) is 12.2 Å². The molecule has 0 saturated carbocycles. The number of allylic oxidation sites excluding steroid dienone is 1. The number of sulfonamides is 1. The van der Waals surface area contributed by atoms with Crippen molar-refractivity contribution in [3.8, 4) is 0 Å². The number of rotatable bonds is 5. The van der Waals surface area contributed by atoms with E-state index in [0.717, 1.165) is 19.3 Å². The van der Waals surface area contributed by atoms with E-state index in [4.69, 9.17) is 0 Å². The molecule has 1 atom stereocenters. The third-order valence-corrected chi connectivity index (χ3v) is 4.89. The van der Waals surface area contributed by atoms with E-state index in [1.54, 1.807) is 0 Å². The van der Waals surface area contributed by atoms with Gasteiger partial charge in [0.25, 0.3) is 10.0 Å². The third-order valence-electron chi connectivity index (χ3n) is 3.44. The number of H-pyrrole nitrogens is 1. The zero-order chi connectivity index (χ0) is 13.9. The molecular formula is C13H21N3O2S. The highest BCUT2D eigenvalue weighted by atomic mass is 32.2. The zero-order valence-corrected chi connectivity index (χ0v) is 12.3. The van der Waals surface area contributed by atoms with E-state index in [-0.39, 0.29) is 11.1 Å². The fourth-order valence-electron chi connectivity index (χ4n) is 2.29. The number of nitrogens with one attached hydrogen (secondary N) is 2. The summed E-state index contributed by atoms with van der Waals surface area (Å²) in [5, 5.41) is 0.146. The molecular weight excluding hydrogens is 262 g/mol. The molecule has 0 aromatic carbocycles. The van der Waals surface area contributed by atoms with Gasteiger partial charge in [0.2, 0.25) is 0 Å². The van der Waals surface area contributed by atoms with Gasteiger partial charge in [0, 0.05) is 12.5 Å². The molecule has 1 aromatic heterocycles. The van der Waals surface area contributed by atoms with Crippen LogP contribution in [0.2, 0.25) is 0 Å². The number of hydrogen-bond donors (Lipinski definition) is 2. The zero-order valence-electron chi connectivity index (χ0n) is 11.4. The smallest absolute Gasteiger partial charge is 0.258 e. The third kappa shape index (κ3) is 3.45. The fraction of sp³-hybridized carbons (Fsp3) is 0.615. The Balaban J connectivity index is 2.10. The molecule has 2 rings (SSSR count). The molecule has 0 radical (unpaired) electrons. The predicted octanol–water partition coefficient (Wildman–Crippen LogP) is 2.14. The SMILES string of the molecule is CCc1ncc(S(=O)(=O)NC(C)C2=CCCCC2)[nH]1. The number of hydrogen-bond acceptors (Lipinski definition) is 3. The lowest BCUT2D eigenvalue weighted by molar-refractivity contribution is 0.560. The van der Waals surface area contributed by atoms with Crippen molar-refractivity contribution in [2.75, 3.05) is 0 Å². The van der Waals surface area contributed by atoms with Crippen LogP contribution in [0.5, 0.6) is 0 Å². The Hall–Kier alpha value is -1.14. The molecule has 5 nitrogen and oxygen atoms in total. The molecule has 0 fully saturated rings. The molecule has 1 unspecified atom stereocenters. The van der Waals surface area contributed by atoms with Gasteiger partial charge in [0.1, 0.15) is 5.82 Å². The molecule has 1 aliphatic rings. The molecule has 1 heterocycles. The van der Waals surface area contributed by atoms with E-state index in [9.17, 15) is 8.42 Å². The summed E-state index contributed by atoms with van der Waals surface area (Å²) >= 11 is 0. The van der Waals surface area contributed by atoms with Gasteiger partial charge in [-0.05, 0) is 32.6 Å². The molecule has 6 heteroatoms. The van der Waals surface area contributed by atoms with Gasteiger partial charge in [-0.25, -0.2) is 18.1 Å². The van der Waals surface area contributed by atoms with Gasteiger partial charge in [-0.1, -0.05) is 18.6 Å². The minimum Gasteiger partial charge on any atom is -0.332 e. The minimum atomic E-state index is -3.51. The van der Waals surface area contributed by atoms with Gasteiger partial charge >= 0.3 is 0 Å². The summed E-state index contributed by atoms with van der Waals surface area (Å²) in [4.78, 5) is 6.86. The van der Waals surface area contributed by atoms with Crippen LogP contribution >= 0.6 is 0 Å². The van der Waals surface area contributed by atoms with E-state index in [1.807, 2.05) is 13.8 Å².